The third-order valence-electron chi connectivity index (χ3n) is 2.41. The van der Waals surface area contributed by atoms with Crippen LogP contribution in [0, 0.1) is 10.1 Å². The van der Waals surface area contributed by atoms with E-state index in [0.29, 0.717) is 6.42 Å². The number of thiophene rings is 1. The minimum Gasteiger partial charge on any atom is -0.264 e. The molecule has 0 fully saturated rings. The molecule has 0 aliphatic rings. The lowest BCUT2D eigenvalue weighted by Gasteiger charge is -2.08. The smallest absolute Gasteiger partial charge is 0.242 e. The Bertz CT molecular complexity index is 453. The largest absolute Gasteiger partial charge is 0.264 e. The molecule has 1 unspecified atom stereocenters. The first-order chi connectivity index (χ1) is 7.77. The van der Waals surface area contributed by atoms with E-state index in [-0.39, 0.29) is 4.92 Å². The molecule has 1 atom stereocenters. The van der Waals surface area contributed by atoms with Gasteiger partial charge in [-0.1, -0.05) is 36.4 Å². The summed E-state index contributed by atoms with van der Waals surface area (Å²) in [7, 11) is 0. The summed E-state index contributed by atoms with van der Waals surface area (Å²) in [6.07, 6.45) is 0.467. The van der Waals surface area contributed by atoms with Crippen molar-refractivity contribution in [3.63, 3.8) is 0 Å². The molecule has 3 nitrogen and oxygen atoms in total. The molecule has 0 saturated heterocycles. The predicted octanol–water partition coefficient (Wildman–Crippen LogP) is 3.31. The van der Waals surface area contributed by atoms with Crippen LogP contribution in [0.15, 0.2) is 47.8 Å². The van der Waals surface area contributed by atoms with Crippen molar-refractivity contribution in [3.8, 4) is 0 Å². The predicted molar refractivity (Wildman–Crippen MR) is 64.2 cm³/mol. The molecule has 0 aliphatic carbocycles. The summed E-state index contributed by atoms with van der Waals surface area (Å²) in [5.74, 6) is 0. The molecular formula is C12H11NO2S. The number of hydrogen-bond donors (Lipinski definition) is 0. The summed E-state index contributed by atoms with van der Waals surface area (Å²) >= 11 is 1.56. The van der Waals surface area contributed by atoms with Crippen LogP contribution in [0.2, 0.25) is 0 Å². The van der Waals surface area contributed by atoms with Crippen LogP contribution >= 0.6 is 11.3 Å². The second-order valence-corrected chi connectivity index (χ2v) is 4.53. The zero-order chi connectivity index (χ0) is 11.4. The van der Waals surface area contributed by atoms with E-state index < -0.39 is 6.04 Å². The molecule has 2 aromatic rings. The number of rotatable bonds is 4. The molecule has 2 rings (SSSR count). The van der Waals surface area contributed by atoms with Gasteiger partial charge in [-0.25, -0.2) is 0 Å². The van der Waals surface area contributed by atoms with Gasteiger partial charge in [0, 0.05) is 15.4 Å². The molecule has 1 aromatic heterocycles. The first-order valence-corrected chi connectivity index (χ1v) is 5.86. The molecule has 0 saturated carbocycles. The highest BCUT2D eigenvalue weighted by Gasteiger charge is 2.23. The van der Waals surface area contributed by atoms with Crippen LogP contribution in [0.4, 0.5) is 0 Å². The van der Waals surface area contributed by atoms with Crippen LogP contribution in [0.5, 0.6) is 0 Å². The topological polar surface area (TPSA) is 43.1 Å². The van der Waals surface area contributed by atoms with E-state index in [1.807, 2.05) is 35.7 Å². The lowest BCUT2D eigenvalue weighted by Crippen LogP contribution is -2.12. The molecule has 0 amide bonds. The van der Waals surface area contributed by atoms with Gasteiger partial charge >= 0.3 is 0 Å². The van der Waals surface area contributed by atoms with Crippen LogP contribution < -0.4 is 0 Å². The summed E-state index contributed by atoms with van der Waals surface area (Å²) in [5.41, 5.74) is 0.765. The molecule has 1 heterocycles. The molecule has 0 N–H and O–H groups in total. The highest BCUT2D eigenvalue weighted by Crippen LogP contribution is 2.23. The molecule has 4 heteroatoms. The van der Waals surface area contributed by atoms with Gasteiger partial charge in [-0.2, -0.15) is 0 Å². The normalized spacial score (nSPS) is 12.2. The van der Waals surface area contributed by atoms with E-state index in [9.17, 15) is 10.1 Å². The monoisotopic (exact) mass is 233 g/mol. The van der Waals surface area contributed by atoms with Crippen LogP contribution in [-0.4, -0.2) is 4.92 Å². The van der Waals surface area contributed by atoms with E-state index in [1.54, 1.807) is 23.5 Å². The average molecular weight is 233 g/mol. The van der Waals surface area contributed by atoms with Crippen LogP contribution in [-0.2, 0) is 6.42 Å². The summed E-state index contributed by atoms with van der Waals surface area (Å²) in [5, 5.41) is 13.0. The Morgan fingerprint density at radius 3 is 2.50 bits per heavy atom. The fourth-order valence-electron chi connectivity index (χ4n) is 1.61. The van der Waals surface area contributed by atoms with Gasteiger partial charge in [0.05, 0.1) is 6.42 Å². The van der Waals surface area contributed by atoms with Gasteiger partial charge in [0.1, 0.15) is 0 Å². The molecule has 16 heavy (non-hydrogen) atoms. The Kier molecular flexibility index (Phi) is 3.31. The molecule has 1 aromatic carbocycles. The van der Waals surface area contributed by atoms with Crippen LogP contribution in [0.25, 0.3) is 0 Å². The van der Waals surface area contributed by atoms with Crippen molar-refractivity contribution in [2.45, 2.75) is 12.5 Å². The highest BCUT2D eigenvalue weighted by atomic mass is 32.1. The molecule has 0 bridgehead atoms. The van der Waals surface area contributed by atoms with Crippen molar-refractivity contribution in [1.29, 1.82) is 0 Å². The van der Waals surface area contributed by atoms with Crippen LogP contribution in [0.1, 0.15) is 16.5 Å². The third-order valence-corrected chi connectivity index (χ3v) is 3.31. The van der Waals surface area contributed by atoms with Crippen molar-refractivity contribution in [2.24, 2.45) is 0 Å². The number of hydrogen-bond acceptors (Lipinski definition) is 3. The van der Waals surface area contributed by atoms with Crippen molar-refractivity contribution < 1.29 is 4.92 Å². The van der Waals surface area contributed by atoms with Crippen molar-refractivity contribution in [2.75, 3.05) is 0 Å². The highest BCUT2D eigenvalue weighted by molar-refractivity contribution is 7.09. The summed E-state index contributed by atoms with van der Waals surface area (Å²) in [6.45, 7) is 0. The maximum atomic E-state index is 11.0. The standard InChI is InChI=1S/C12H11NO2S/c14-13(15)12(9-11-7-4-8-16-11)10-5-2-1-3-6-10/h1-8,12H,9H2. The number of benzene rings is 1. The number of nitrogens with zero attached hydrogens (tertiary/aromatic N) is 1. The fourth-order valence-corrected chi connectivity index (χ4v) is 2.35. The molecule has 0 spiro atoms. The van der Waals surface area contributed by atoms with E-state index in [0.717, 1.165) is 10.4 Å². The lowest BCUT2D eigenvalue weighted by molar-refractivity contribution is -0.528. The molecular weight excluding hydrogens is 222 g/mol. The Hall–Kier alpha value is -1.68. The number of nitro groups is 1. The van der Waals surface area contributed by atoms with Crippen molar-refractivity contribution in [3.05, 3.63) is 68.4 Å². The first-order valence-electron chi connectivity index (χ1n) is 4.98. The van der Waals surface area contributed by atoms with Gasteiger partial charge in [0.25, 0.3) is 0 Å². The van der Waals surface area contributed by atoms with E-state index in [2.05, 4.69) is 0 Å². The second-order valence-electron chi connectivity index (χ2n) is 3.50. The van der Waals surface area contributed by atoms with Crippen molar-refractivity contribution >= 4 is 11.3 Å². The minimum absolute atomic E-state index is 0.213. The molecule has 82 valence electrons. The average Bonchev–Trinajstić information content (AvgIpc) is 2.79. The van der Waals surface area contributed by atoms with Crippen LogP contribution in [0.3, 0.4) is 0 Å². The van der Waals surface area contributed by atoms with Gasteiger partial charge in [0.15, 0.2) is 0 Å². The lowest BCUT2D eigenvalue weighted by atomic mass is 10.0. The zero-order valence-electron chi connectivity index (χ0n) is 8.58. The van der Waals surface area contributed by atoms with Gasteiger partial charge in [-0.05, 0) is 11.4 Å². The third kappa shape index (κ3) is 2.46. The summed E-state index contributed by atoms with van der Waals surface area (Å²) < 4.78 is 0. The SMILES string of the molecule is O=[N+]([O-])C(Cc1cccs1)c1ccccc1. The fraction of sp³-hybridized carbons (Fsp3) is 0.167. The van der Waals surface area contributed by atoms with E-state index in [1.165, 1.54) is 0 Å². The van der Waals surface area contributed by atoms with E-state index in [4.69, 9.17) is 0 Å². The Labute approximate surface area is 97.5 Å². The second kappa shape index (κ2) is 4.90. The first kappa shape index (κ1) is 10.8. The Balaban J connectivity index is 2.22. The zero-order valence-corrected chi connectivity index (χ0v) is 9.39. The summed E-state index contributed by atoms with van der Waals surface area (Å²) in [6, 6.07) is 12.4. The quantitative estimate of drug-likeness (QED) is 0.600. The minimum atomic E-state index is -0.639. The Morgan fingerprint density at radius 1 is 1.19 bits per heavy atom. The maximum Gasteiger partial charge on any atom is 0.242 e. The van der Waals surface area contributed by atoms with Gasteiger partial charge in [0.2, 0.25) is 6.04 Å². The Morgan fingerprint density at radius 2 is 1.94 bits per heavy atom. The van der Waals surface area contributed by atoms with Gasteiger partial charge in [-0.15, -0.1) is 11.3 Å². The summed E-state index contributed by atoms with van der Waals surface area (Å²) in [4.78, 5) is 11.9. The van der Waals surface area contributed by atoms with Gasteiger partial charge < -0.3 is 0 Å². The van der Waals surface area contributed by atoms with Crippen molar-refractivity contribution in [1.82, 2.24) is 0 Å². The molecule has 0 radical (unpaired) electrons. The molecule has 0 aliphatic heterocycles. The maximum absolute atomic E-state index is 11.0. The van der Waals surface area contributed by atoms with E-state index >= 15 is 0 Å². The van der Waals surface area contributed by atoms with Gasteiger partial charge in [-0.3, -0.25) is 10.1 Å².